The van der Waals surface area contributed by atoms with Crippen molar-refractivity contribution >= 4 is 44.0 Å². The van der Waals surface area contributed by atoms with Crippen molar-refractivity contribution in [1.29, 1.82) is 0 Å². The van der Waals surface area contributed by atoms with Crippen LogP contribution in [0, 0.1) is 12.8 Å². The zero-order chi connectivity index (χ0) is 21.3. The number of hydrogen-bond acceptors (Lipinski definition) is 3. The maximum Gasteiger partial charge on any atom is 0.243 e. The van der Waals surface area contributed by atoms with Crippen molar-refractivity contribution in [2.24, 2.45) is 5.92 Å². The zero-order valence-electron chi connectivity index (χ0n) is 16.6. The first-order valence-electron chi connectivity index (χ1n) is 9.90. The highest BCUT2D eigenvalue weighted by atomic mass is 35.5. The number of fused-ring (bicyclic) bond motifs is 1. The van der Waals surface area contributed by atoms with Crippen molar-refractivity contribution in [1.82, 2.24) is 4.31 Å². The molecule has 1 saturated heterocycles. The first-order valence-corrected chi connectivity index (χ1v) is 11.7. The molecule has 1 aliphatic heterocycles. The van der Waals surface area contributed by atoms with Gasteiger partial charge in [-0.15, -0.1) is 0 Å². The molecule has 156 valence electrons. The Balaban J connectivity index is 1.51. The summed E-state index contributed by atoms with van der Waals surface area (Å²) in [6, 6.07) is 18.2. The highest BCUT2D eigenvalue weighted by Crippen LogP contribution is 2.27. The van der Waals surface area contributed by atoms with Crippen molar-refractivity contribution in [3.05, 3.63) is 71.2 Å². The maximum atomic E-state index is 13.2. The fraction of sp³-hybridized carbons (Fsp3) is 0.261. The molecule has 1 amide bonds. The van der Waals surface area contributed by atoms with E-state index in [-0.39, 0.29) is 17.3 Å². The van der Waals surface area contributed by atoms with Gasteiger partial charge in [0, 0.05) is 23.8 Å². The Kier molecular flexibility index (Phi) is 5.82. The fourth-order valence-corrected chi connectivity index (χ4v) is 5.51. The molecule has 0 unspecified atom stereocenters. The Hall–Kier alpha value is -2.41. The molecule has 1 N–H and O–H groups in total. The van der Waals surface area contributed by atoms with Gasteiger partial charge >= 0.3 is 0 Å². The highest BCUT2D eigenvalue weighted by molar-refractivity contribution is 7.89. The SMILES string of the molecule is Cc1ccc(NC(=O)[C@@H]2CCCN(S(=O)(=O)c3ccc4ccccc4c3)C2)cc1Cl. The van der Waals surface area contributed by atoms with E-state index in [4.69, 9.17) is 11.6 Å². The molecule has 0 aliphatic carbocycles. The van der Waals surface area contributed by atoms with Crippen LogP contribution in [-0.2, 0) is 14.8 Å². The molecular weight excluding hydrogens is 420 g/mol. The predicted molar refractivity (Wildman–Crippen MR) is 120 cm³/mol. The second-order valence-corrected chi connectivity index (χ2v) is 10.0. The lowest BCUT2D eigenvalue weighted by Crippen LogP contribution is -2.43. The van der Waals surface area contributed by atoms with Crippen LogP contribution in [0.25, 0.3) is 10.8 Å². The van der Waals surface area contributed by atoms with Crippen LogP contribution in [0.3, 0.4) is 0 Å². The van der Waals surface area contributed by atoms with Crippen molar-refractivity contribution < 1.29 is 13.2 Å². The number of carbonyl (C=O) groups excluding carboxylic acids is 1. The summed E-state index contributed by atoms with van der Waals surface area (Å²) in [7, 11) is -3.67. The van der Waals surface area contributed by atoms with E-state index in [1.807, 2.05) is 43.3 Å². The molecule has 0 aromatic heterocycles. The average Bonchev–Trinajstić information content (AvgIpc) is 2.76. The van der Waals surface area contributed by atoms with E-state index in [1.54, 1.807) is 24.3 Å². The normalized spacial score (nSPS) is 17.7. The van der Waals surface area contributed by atoms with E-state index in [1.165, 1.54) is 4.31 Å². The monoisotopic (exact) mass is 442 g/mol. The van der Waals surface area contributed by atoms with Crippen LogP contribution in [-0.4, -0.2) is 31.7 Å². The molecule has 1 heterocycles. The smallest absolute Gasteiger partial charge is 0.243 e. The number of benzene rings is 3. The van der Waals surface area contributed by atoms with Gasteiger partial charge < -0.3 is 5.32 Å². The van der Waals surface area contributed by atoms with Crippen molar-refractivity contribution in [2.45, 2.75) is 24.7 Å². The predicted octanol–water partition coefficient (Wildman–Crippen LogP) is 4.84. The number of piperidine rings is 1. The zero-order valence-corrected chi connectivity index (χ0v) is 18.2. The quantitative estimate of drug-likeness (QED) is 0.628. The lowest BCUT2D eigenvalue weighted by atomic mass is 9.98. The fourth-order valence-electron chi connectivity index (χ4n) is 3.77. The third kappa shape index (κ3) is 4.21. The molecule has 1 aliphatic rings. The molecule has 0 spiro atoms. The Morgan fingerprint density at radius 1 is 1.07 bits per heavy atom. The molecule has 0 saturated carbocycles. The standard InChI is InChI=1S/C23H23ClN2O3S/c1-16-8-10-20(14-22(16)24)25-23(27)19-7-4-12-26(15-19)30(28,29)21-11-9-17-5-2-3-6-18(17)13-21/h2-3,5-6,8-11,13-14,19H,4,7,12,15H2,1H3,(H,25,27)/t19-/m1/s1. The second-order valence-electron chi connectivity index (χ2n) is 7.66. The lowest BCUT2D eigenvalue weighted by Gasteiger charge is -2.31. The third-order valence-electron chi connectivity index (χ3n) is 5.55. The summed E-state index contributed by atoms with van der Waals surface area (Å²) in [5, 5.41) is 5.32. The lowest BCUT2D eigenvalue weighted by molar-refractivity contribution is -0.120. The number of hydrogen-bond donors (Lipinski definition) is 1. The molecule has 1 fully saturated rings. The van der Waals surface area contributed by atoms with Gasteiger partial charge in [0.2, 0.25) is 15.9 Å². The number of aryl methyl sites for hydroxylation is 1. The van der Waals surface area contributed by atoms with E-state index in [9.17, 15) is 13.2 Å². The molecule has 7 heteroatoms. The van der Waals surface area contributed by atoms with Gasteiger partial charge in [-0.25, -0.2) is 8.42 Å². The van der Waals surface area contributed by atoms with E-state index in [0.29, 0.717) is 30.1 Å². The molecular formula is C23H23ClN2O3S. The van der Waals surface area contributed by atoms with Crippen molar-refractivity contribution in [3.8, 4) is 0 Å². The molecule has 3 aromatic carbocycles. The Bertz CT molecular complexity index is 1210. The number of halogens is 1. The summed E-state index contributed by atoms with van der Waals surface area (Å²) in [4.78, 5) is 13.0. The number of anilines is 1. The Morgan fingerprint density at radius 3 is 2.60 bits per heavy atom. The number of nitrogens with one attached hydrogen (secondary N) is 1. The van der Waals surface area contributed by atoms with E-state index < -0.39 is 15.9 Å². The van der Waals surface area contributed by atoms with Gasteiger partial charge in [0.05, 0.1) is 10.8 Å². The summed E-state index contributed by atoms with van der Waals surface area (Å²) in [6.45, 7) is 2.47. The molecule has 0 bridgehead atoms. The van der Waals surface area contributed by atoms with Crippen molar-refractivity contribution in [2.75, 3.05) is 18.4 Å². The first-order chi connectivity index (χ1) is 14.3. The number of sulfonamides is 1. The van der Waals surface area contributed by atoms with E-state index in [2.05, 4.69) is 5.32 Å². The number of nitrogens with zero attached hydrogens (tertiary/aromatic N) is 1. The third-order valence-corrected chi connectivity index (χ3v) is 7.82. The number of carbonyl (C=O) groups is 1. The molecule has 4 rings (SSSR count). The minimum Gasteiger partial charge on any atom is -0.326 e. The van der Waals surface area contributed by atoms with Crippen LogP contribution in [0.4, 0.5) is 5.69 Å². The van der Waals surface area contributed by atoms with Gasteiger partial charge in [0.15, 0.2) is 0 Å². The number of amides is 1. The summed E-state index contributed by atoms with van der Waals surface area (Å²) in [6.07, 6.45) is 1.29. The first kappa shape index (κ1) is 20.8. The topological polar surface area (TPSA) is 66.5 Å². The van der Waals surface area contributed by atoms with Gasteiger partial charge in [-0.05, 0) is 60.4 Å². The van der Waals surface area contributed by atoms with Crippen LogP contribution >= 0.6 is 11.6 Å². The second kappa shape index (κ2) is 8.38. The van der Waals surface area contributed by atoms with Crippen LogP contribution in [0.15, 0.2) is 65.6 Å². The highest BCUT2D eigenvalue weighted by Gasteiger charge is 2.33. The van der Waals surface area contributed by atoms with Gasteiger partial charge in [-0.1, -0.05) is 48.0 Å². The summed E-state index contributed by atoms with van der Waals surface area (Å²) < 4.78 is 27.9. The summed E-state index contributed by atoms with van der Waals surface area (Å²) in [5.74, 6) is -0.595. The van der Waals surface area contributed by atoms with Crippen LogP contribution in [0.2, 0.25) is 5.02 Å². The van der Waals surface area contributed by atoms with Gasteiger partial charge in [-0.3, -0.25) is 4.79 Å². The molecule has 1 atom stereocenters. The van der Waals surface area contributed by atoms with Crippen LogP contribution in [0.1, 0.15) is 18.4 Å². The van der Waals surface area contributed by atoms with Crippen molar-refractivity contribution in [3.63, 3.8) is 0 Å². The average molecular weight is 443 g/mol. The Morgan fingerprint density at radius 2 is 1.83 bits per heavy atom. The molecule has 3 aromatic rings. The van der Waals surface area contributed by atoms with Gasteiger partial charge in [0.1, 0.15) is 0 Å². The van der Waals surface area contributed by atoms with E-state index in [0.717, 1.165) is 16.3 Å². The summed E-state index contributed by atoms with van der Waals surface area (Å²) >= 11 is 6.14. The van der Waals surface area contributed by atoms with Gasteiger partial charge in [-0.2, -0.15) is 4.31 Å². The summed E-state index contributed by atoms with van der Waals surface area (Å²) in [5.41, 5.74) is 1.55. The minimum absolute atomic E-state index is 0.167. The largest absolute Gasteiger partial charge is 0.326 e. The maximum absolute atomic E-state index is 13.2. The molecule has 30 heavy (non-hydrogen) atoms. The molecule has 0 radical (unpaired) electrons. The van der Waals surface area contributed by atoms with E-state index >= 15 is 0 Å². The molecule has 5 nitrogen and oxygen atoms in total. The minimum atomic E-state index is -3.67. The number of rotatable bonds is 4. The Labute approximate surface area is 181 Å². The van der Waals surface area contributed by atoms with Crippen LogP contribution < -0.4 is 5.32 Å². The van der Waals surface area contributed by atoms with Crippen LogP contribution in [0.5, 0.6) is 0 Å². The van der Waals surface area contributed by atoms with Gasteiger partial charge in [0.25, 0.3) is 0 Å².